The number of nitrogens with zero attached hydrogens (tertiary/aromatic N) is 3. The van der Waals surface area contributed by atoms with Gasteiger partial charge in [-0.2, -0.15) is 5.26 Å². The van der Waals surface area contributed by atoms with E-state index >= 15 is 0 Å². The lowest BCUT2D eigenvalue weighted by atomic mass is 9.97. The molecule has 2 aliphatic heterocycles. The lowest BCUT2D eigenvalue weighted by Crippen LogP contribution is -2.47. The highest BCUT2D eigenvalue weighted by atomic mass is 16.6. The minimum Gasteiger partial charge on any atom is -0.365 e. The van der Waals surface area contributed by atoms with Crippen molar-refractivity contribution in [1.29, 1.82) is 5.26 Å². The maximum absolute atomic E-state index is 10.9. The average molecular weight is 272 g/mol. The third-order valence-electron chi connectivity index (χ3n) is 4.36. The molecule has 0 saturated carbocycles. The molecule has 2 saturated heterocycles. The van der Waals surface area contributed by atoms with E-state index in [2.05, 4.69) is 4.90 Å². The quantitative estimate of drug-likeness (QED) is 0.655. The molecule has 6 nitrogen and oxygen atoms in total. The molecule has 0 aromatic heterocycles. The molecule has 2 atom stereocenters. The molecule has 1 aromatic rings. The summed E-state index contributed by atoms with van der Waals surface area (Å²) < 4.78 is 0. The first-order valence-corrected chi connectivity index (χ1v) is 6.82. The van der Waals surface area contributed by atoms with E-state index in [0.717, 1.165) is 31.4 Å². The summed E-state index contributed by atoms with van der Waals surface area (Å²) in [6, 6.07) is 7.79. The van der Waals surface area contributed by atoms with E-state index in [1.165, 1.54) is 6.07 Å². The van der Waals surface area contributed by atoms with Crippen LogP contribution in [0.4, 0.5) is 11.4 Å². The molecule has 104 valence electrons. The molecular formula is C14H16N4O2. The highest BCUT2D eigenvalue weighted by molar-refractivity contribution is 5.61. The first kappa shape index (κ1) is 12.9. The predicted molar refractivity (Wildman–Crippen MR) is 74.3 cm³/mol. The van der Waals surface area contributed by atoms with Crippen LogP contribution < -0.4 is 10.6 Å². The fraction of sp³-hybridized carbons (Fsp3) is 0.500. The van der Waals surface area contributed by atoms with Crippen LogP contribution in [0.2, 0.25) is 0 Å². The molecule has 6 heteroatoms. The van der Waals surface area contributed by atoms with Gasteiger partial charge >= 0.3 is 0 Å². The summed E-state index contributed by atoms with van der Waals surface area (Å²) in [4.78, 5) is 12.7. The number of rotatable bonds is 2. The second-order valence-corrected chi connectivity index (χ2v) is 5.59. The lowest BCUT2D eigenvalue weighted by Gasteiger charge is -2.39. The van der Waals surface area contributed by atoms with Crippen molar-refractivity contribution >= 4 is 11.4 Å². The molecule has 2 unspecified atom stereocenters. The van der Waals surface area contributed by atoms with E-state index in [-0.39, 0.29) is 17.3 Å². The van der Waals surface area contributed by atoms with E-state index in [0.29, 0.717) is 12.1 Å². The molecule has 0 amide bonds. The Labute approximate surface area is 116 Å². The van der Waals surface area contributed by atoms with Gasteiger partial charge in [-0.3, -0.25) is 10.1 Å². The van der Waals surface area contributed by atoms with Crippen LogP contribution in [-0.4, -0.2) is 23.0 Å². The maximum atomic E-state index is 10.9. The Morgan fingerprint density at radius 3 is 2.55 bits per heavy atom. The van der Waals surface area contributed by atoms with Crippen molar-refractivity contribution in [3.8, 4) is 6.07 Å². The largest absolute Gasteiger partial charge is 0.365 e. The minimum atomic E-state index is -0.511. The Kier molecular flexibility index (Phi) is 3.07. The van der Waals surface area contributed by atoms with Crippen molar-refractivity contribution in [2.75, 3.05) is 4.90 Å². The fourth-order valence-corrected chi connectivity index (χ4v) is 3.57. The molecule has 2 heterocycles. The topological polar surface area (TPSA) is 96.2 Å². The van der Waals surface area contributed by atoms with Gasteiger partial charge in [0, 0.05) is 29.9 Å². The summed E-state index contributed by atoms with van der Waals surface area (Å²) in [5.74, 6) is 0. The van der Waals surface area contributed by atoms with Crippen molar-refractivity contribution < 1.29 is 4.92 Å². The van der Waals surface area contributed by atoms with Crippen LogP contribution in [0.3, 0.4) is 0 Å². The number of nitro groups is 1. The predicted octanol–water partition coefficient (Wildman–Crippen LogP) is 1.92. The minimum absolute atomic E-state index is 0.127. The molecule has 2 fully saturated rings. The van der Waals surface area contributed by atoms with Gasteiger partial charge in [-0.05, 0) is 37.8 Å². The highest BCUT2D eigenvalue weighted by Crippen LogP contribution is 2.39. The molecule has 2 bridgehead atoms. The SMILES string of the molecule is N#Cc1cc(N2C3CCC2CC(N)C3)ccc1[N+](=O)[O-]. The third kappa shape index (κ3) is 2.00. The van der Waals surface area contributed by atoms with E-state index in [1.807, 2.05) is 6.07 Å². The van der Waals surface area contributed by atoms with Crippen molar-refractivity contribution in [2.24, 2.45) is 5.73 Å². The average Bonchev–Trinajstić information content (AvgIpc) is 2.70. The Bertz CT molecular complexity index is 581. The van der Waals surface area contributed by atoms with E-state index in [9.17, 15) is 10.1 Å². The number of nitro benzene ring substituents is 1. The first-order valence-electron chi connectivity index (χ1n) is 6.82. The fourth-order valence-electron chi connectivity index (χ4n) is 3.57. The van der Waals surface area contributed by atoms with Gasteiger partial charge in [0.25, 0.3) is 5.69 Å². The first-order chi connectivity index (χ1) is 9.60. The van der Waals surface area contributed by atoms with Gasteiger partial charge in [-0.25, -0.2) is 0 Å². The van der Waals surface area contributed by atoms with Crippen LogP contribution in [0.25, 0.3) is 0 Å². The smallest absolute Gasteiger partial charge is 0.287 e. The van der Waals surface area contributed by atoms with Crippen LogP contribution in [0.15, 0.2) is 18.2 Å². The normalized spacial score (nSPS) is 28.2. The molecule has 3 rings (SSSR count). The van der Waals surface area contributed by atoms with Crippen LogP contribution in [0.1, 0.15) is 31.2 Å². The van der Waals surface area contributed by atoms with Gasteiger partial charge in [0.15, 0.2) is 0 Å². The second kappa shape index (κ2) is 4.76. The Morgan fingerprint density at radius 2 is 2.00 bits per heavy atom. The number of anilines is 1. The zero-order valence-corrected chi connectivity index (χ0v) is 11.0. The molecule has 20 heavy (non-hydrogen) atoms. The van der Waals surface area contributed by atoms with E-state index in [4.69, 9.17) is 11.0 Å². The molecule has 1 aromatic carbocycles. The van der Waals surface area contributed by atoms with Crippen molar-refractivity contribution in [3.05, 3.63) is 33.9 Å². The number of fused-ring (bicyclic) bond motifs is 2. The summed E-state index contributed by atoms with van der Waals surface area (Å²) in [6.45, 7) is 0. The van der Waals surface area contributed by atoms with E-state index < -0.39 is 4.92 Å². The van der Waals surface area contributed by atoms with Gasteiger partial charge in [0.1, 0.15) is 11.6 Å². The third-order valence-corrected chi connectivity index (χ3v) is 4.36. The lowest BCUT2D eigenvalue weighted by molar-refractivity contribution is -0.385. The Balaban J connectivity index is 1.96. The number of piperidine rings is 1. The number of hydrogen-bond acceptors (Lipinski definition) is 5. The summed E-state index contributed by atoms with van der Waals surface area (Å²) in [6.07, 6.45) is 4.12. The van der Waals surface area contributed by atoms with Crippen LogP contribution >= 0.6 is 0 Å². The molecular weight excluding hydrogens is 256 g/mol. The Hall–Kier alpha value is -2.13. The molecule has 0 radical (unpaired) electrons. The van der Waals surface area contributed by atoms with Crippen LogP contribution in [0, 0.1) is 21.4 Å². The summed E-state index contributed by atoms with van der Waals surface area (Å²) in [5.41, 5.74) is 6.96. The van der Waals surface area contributed by atoms with Gasteiger partial charge in [-0.15, -0.1) is 0 Å². The van der Waals surface area contributed by atoms with Crippen LogP contribution in [0.5, 0.6) is 0 Å². The summed E-state index contributed by atoms with van der Waals surface area (Å²) >= 11 is 0. The maximum Gasteiger partial charge on any atom is 0.287 e. The van der Waals surface area contributed by atoms with Gasteiger partial charge in [-0.1, -0.05) is 0 Å². The second-order valence-electron chi connectivity index (χ2n) is 5.59. The molecule has 0 aliphatic carbocycles. The van der Waals surface area contributed by atoms with E-state index in [1.54, 1.807) is 12.1 Å². The Morgan fingerprint density at radius 1 is 1.35 bits per heavy atom. The highest BCUT2D eigenvalue weighted by Gasteiger charge is 2.39. The number of nitrogens with two attached hydrogens (primary N) is 1. The number of benzene rings is 1. The van der Waals surface area contributed by atoms with Gasteiger partial charge in [0.2, 0.25) is 0 Å². The zero-order chi connectivity index (χ0) is 14.3. The molecule has 0 spiro atoms. The van der Waals surface area contributed by atoms with Crippen molar-refractivity contribution in [3.63, 3.8) is 0 Å². The van der Waals surface area contributed by atoms with Crippen molar-refractivity contribution in [2.45, 2.75) is 43.8 Å². The van der Waals surface area contributed by atoms with Gasteiger partial charge in [0.05, 0.1) is 4.92 Å². The number of hydrogen-bond donors (Lipinski definition) is 1. The number of nitriles is 1. The molecule has 2 N–H and O–H groups in total. The van der Waals surface area contributed by atoms with Crippen LogP contribution in [-0.2, 0) is 0 Å². The summed E-state index contributed by atoms with van der Waals surface area (Å²) in [5, 5.41) is 20.0. The zero-order valence-electron chi connectivity index (χ0n) is 11.0. The molecule has 2 aliphatic rings. The standard InChI is InChI=1S/C14H16N4O2/c15-8-9-5-11(3-4-14(9)18(19)20)17-12-1-2-13(17)7-10(16)6-12/h3-5,10,12-13H,1-2,6-7,16H2. The van der Waals surface area contributed by atoms with Crippen molar-refractivity contribution in [1.82, 2.24) is 0 Å². The van der Waals surface area contributed by atoms with Gasteiger partial charge < -0.3 is 10.6 Å². The summed E-state index contributed by atoms with van der Waals surface area (Å²) in [7, 11) is 0. The monoisotopic (exact) mass is 272 g/mol.